The van der Waals surface area contributed by atoms with Gasteiger partial charge in [0.15, 0.2) is 6.54 Å². The van der Waals surface area contributed by atoms with E-state index in [1.165, 1.54) is 5.56 Å². The van der Waals surface area contributed by atoms with Crippen molar-refractivity contribution in [2.75, 3.05) is 26.0 Å². The van der Waals surface area contributed by atoms with Crippen molar-refractivity contribution in [1.82, 2.24) is 4.98 Å². The van der Waals surface area contributed by atoms with Crippen LogP contribution in [-0.4, -0.2) is 31.6 Å². The smallest absolute Gasteiger partial charge is 0.279 e. The van der Waals surface area contributed by atoms with Gasteiger partial charge in [0, 0.05) is 16.6 Å². The van der Waals surface area contributed by atoms with Crippen LogP contribution in [0.2, 0.25) is 0 Å². The average molecular weight is 383 g/mol. The van der Waals surface area contributed by atoms with Crippen LogP contribution in [0.4, 0.5) is 5.69 Å². The zero-order valence-corrected chi connectivity index (χ0v) is 16.6. The molecule has 0 fully saturated rings. The maximum Gasteiger partial charge on any atom is 0.279 e. The number of amides is 1. The fourth-order valence-corrected chi connectivity index (χ4v) is 3.57. The third-order valence-corrected chi connectivity index (χ3v) is 5.11. The second-order valence-electron chi connectivity index (χ2n) is 6.60. The Balaban J connectivity index is 1.53. The molecule has 1 aromatic heterocycles. The number of anilines is 1. The Hall–Kier alpha value is -2.70. The molecule has 0 spiro atoms. The maximum atomic E-state index is 12.2. The van der Waals surface area contributed by atoms with E-state index in [4.69, 9.17) is 9.72 Å². The molecule has 3 aromatic rings. The number of nitrogens with one attached hydrogen (secondary N) is 2. The van der Waals surface area contributed by atoms with E-state index in [0.717, 1.165) is 32.6 Å². The van der Waals surface area contributed by atoms with Crippen LogP contribution >= 0.6 is 11.3 Å². The standard InChI is InChI=1S/C21H23N3O2S/c1-15-4-6-16(7-5-15)21-23-18(14-27-21)12-24(2)13-20(25)22-17-8-10-19(26-3)11-9-17/h4-11,14H,12-13H2,1-3H3,(H,22,25)/p+1. The normalized spacial score (nSPS) is 11.8. The van der Waals surface area contributed by atoms with Crippen molar-refractivity contribution < 1.29 is 14.4 Å². The van der Waals surface area contributed by atoms with Gasteiger partial charge in [0.2, 0.25) is 0 Å². The lowest BCUT2D eigenvalue weighted by molar-refractivity contribution is -0.885. The lowest BCUT2D eigenvalue weighted by Crippen LogP contribution is -3.08. The van der Waals surface area contributed by atoms with Crippen LogP contribution in [0, 0.1) is 6.92 Å². The van der Waals surface area contributed by atoms with E-state index >= 15 is 0 Å². The van der Waals surface area contributed by atoms with Crippen LogP contribution in [0.3, 0.4) is 0 Å². The highest BCUT2D eigenvalue weighted by molar-refractivity contribution is 7.13. The number of likely N-dealkylation sites (N-methyl/N-ethyl adjacent to an activating group) is 1. The van der Waals surface area contributed by atoms with Crippen molar-refractivity contribution in [2.45, 2.75) is 13.5 Å². The summed E-state index contributed by atoms with van der Waals surface area (Å²) in [6, 6.07) is 15.7. The van der Waals surface area contributed by atoms with Gasteiger partial charge < -0.3 is 15.0 Å². The molecule has 0 bridgehead atoms. The quantitative estimate of drug-likeness (QED) is 0.661. The zero-order valence-electron chi connectivity index (χ0n) is 15.8. The summed E-state index contributed by atoms with van der Waals surface area (Å²) in [6.07, 6.45) is 0. The molecule has 1 unspecified atom stereocenters. The number of carbonyl (C=O) groups is 1. The Morgan fingerprint density at radius 3 is 2.52 bits per heavy atom. The molecule has 0 aliphatic carbocycles. The molecule has 1 heterocycles. The van der Waals surface area contributed by atoms with Gasteiger partial charge in [0.05, 0.1) is 14.2 Å². The maximum absolute atomic E-state index is 12.2. The van der Waals surface area contributed by atoms with Crippen molar-refractivity contribution in [1.29, 1.82) is 0 Å². The Bertz CT molecular complexity index is 889. The number of carbonyl (C=O) groups excluding carboxylic acids is 1. The number of thiazole rings is 1. The number of quaternary nitrogens is 1. The molecule has 0 aliphatic heterocycles. The number of nitrogens with zero attached hydrogens (tertiary/aromatic N) is 1. The van der Waals surface area contributed by atoms with Gasteiger partial charge in [-0.3, -0.25) is 4.79 Å². The molecule has 6 heteroatoms. The summed E-state index contributed by atoms with van der Waals surface area (Å²) in [5.74, 6) is 0.746. The molecule has 1 atom stereocenters. The van der Waals surface area contributed by atoms with E-state index in [0.29, 0.717) is 13.1 Å². The summed E-state index contributed by atoms with van der Waals surface area (Å²) in [5, 5.41) is 6.00. The summed E-state index contributed by atoms with van der Waals surface area (Å²) >= 11 is 1.64. The van der Waals surface area contributed by atoms with Crippen LogP contribution in [0.25, 0.3) is 10.6 Å². The molecule has 0 saturated carbocycles. The first-order valence-corrected chi connectivity index (χ1v) is 9.68. The molecule has 5 nitrogen and oxygen atoms in total. The van der Waals surface area contributed by atoms with Crippen molar-refractivity contribution in [3.05, 3.63) is 65.2 Å². The minimum absolute atomic E-state index is 0.0216. The van der Waals surface area contributed by atoms with Crippen molar-refractivity contribution in [3.63, 3.8) is 0 Å². The van der Waals surface area contributed by atoms with Gasteiger partial charge in [0.1, 0.15) is 23.0 Å². The van der Waals surface area contributed by atoms with Gasteiger partial charge in [-0.25, -0.2) is 4.98 Å². The summed E-state index contributed by atoms with van der Waals surface area (Å²) in [7, 11) is 3.62. The SMILES string of the molecule is COc1ccc(NC(=O)C[NH+](C)Cc2csc(-c3ccc(C)cc3)n2)cc1. The van der Waals surface area contributed by atoms with Gasteiger partial charge in [-0.2, -0.15) is 0 Å². The highest BCUT2D eigenvalue weighted by atomic mass is 32.1. The Labute approximate surface area is 163 Å². The van der Waals surface area contributed by atoms with Crippen LogP contribution in [0.1, 0.15) is 11.3 Å². The number of ether oxygens (including phenoxy) is 1. The largest absolute Gasteiger partial charge is 0.497 e. The minimum atomic E-state index is -0.0216. The summed E-state index contributed by atoms with van der Waals surface area (Å²) in [4.78, 5) is 18.0. The number of hydrogen-bond acceptors (Lipinski definition) is 4. The highest BCUT2D eigenvalue weighted by Gasteiger charge is 2.13. The fraction of sp³-hybridized carbons (Fsp3) is 0.238. The summed E-state index contributed by atoms with van der Waals surface area (Å²) in [5.41, 5.74) is 4.14. The van der Waals surface area contributed by atoms with Gasteiger partial charge in [-0.15, -0.1) is 11.3 Å². The number of benzene rings is 2. The molecule has 27 heavy (non-hydrogen) atoms. The molecule has 0 radical (unpaired) electrons. The van der Waals surface area contributed by atoms with Crippen LogP contribution in [0.5, 0.6) is 5.75 Å². The molecule has 2 N–H and O–H groups in total. The van der Waals surface area contributed by atoms with Gasteiger partial charge in [0.25, 0.3) is 5.91 Å². The second-order valence-corrected chi connectivity index (χ2v) is 7.46. The molecular formula is C21H24N3O2S+. The van der Waals surface area contributed by atoms with E-state index in [9.17, 15) is 4.79 Å². The van der Waals surface area contributed by atoms with E-state index in [2.05, 4.69) is 41.9 Å². The molecule has 1 amide bonds. The molecule has 140 valence electrons. The zero-order chi connectivity index (χ0) is 19.2. The van der Waals surface area contributed by atoms with Crippen molar-refractivity contribution in [3.8, 4) is 16.3 Å². The number of aryl methyl sites for hydroxylation is 1. The Morgan fingerprint density at radius 2 is 1.85 bits per heavy atom. The summed E-state index contributed by atoms with van der Waals surface area (Å²) < 4.78 is 5.12. The Kier molecular flexibility index (Phi) is 6.21. The van der Waals surface area contributed by atoms with E-state index in [-0.39, 0.29) is 5.91 Å². The molecular weight excluding hydrogens is 358 g/mol. The first-order chi connectivity index (χ1) is 13.0. The van der Waals surface area contributed by atoms with Crippen molar-refractivity contribution in [2.24, 2.45) is 0 Å². The number of aromatic nitrogens is 1. The van der Waals surface area contributed by atoms with E-state index in [1.807, 2.05) is 31.3 Å². The number of hydrogen-bond donors (Lipinski definition) is 2. The predicted molar refractivity (Wildman–Crippen MR) is 109 cm³/mol. The van der Waals surface area contributed by atoms with Gasteiger partial charge >= 0.3 is 0 Å². The summed E-state index contributed by atoms with van der Waals surface area (Å²) in [6.45, 7) is 3.16. The second kappa shape index (κ2) is 8.79. The average Bonchev–Trinajstić information content (AvgIpc) is 3.11. The highest BCUT2D eigenvalue weighted by Crippen LogP contribution is 2.23. The van der Waals surface area contributed by atoms with Crippen LogP contribution in [-0.2, 0) is 11.3 Å². The van der Waals surface area contributed by atoms with Crippen LogP contribution in [0.15, 0.2) is 53.9 Å². The lowest BCUT2D eigenvalue weighted by Gasteiger charge is -2.12. The lowest BCUT2D eigenvalue weighted by atomic mass is 10.2. The van der Waals surface area contributed by atoms with Crippen LogP contribution < -0.4 is 15.0 Å². The van der Waals surface area contributed by atoms with E-state index in [1.54, 1.807) is 18.4 Å². The third kappa shape index (κ3) is 5.39. The van der Waals surface area contributed by atoms with Crippen molar-refractivity contribution >= 4 is 22.9 Å². The molecule has 0 aliphatic rings. The number of rotatable bonds is 7. The minimum Gasteiger partial charge on any atom is -0.497 e. The first-order valence-electron chi connectivity index (χ1n) is 8.80. The third-order valence-electron chi connectivity index (χ3n) is 4.17. The molecule has 2 aromatic carbocycles. The van der Waals surface area contributed by atoms with E-state index < -0.39 is 0 Å². The Morgan fingerprint density at radius 1 is 1.15 bits per heavy atom. The first kappa shape index (κ1) is 19.1. The predicted octanol–water partition coefficient (Wildman–Crippen LogP) is 2.78. The molecule has 3 rings (SSSR count). The fourth-order valence-electron chi connectivity index (χ4n) is 2.74. The van der Waals surface area contributed by atoms with Gasteiger partial charge in [-0.1, -0.05) is 29.8 Å². The topological polar surface area (TPSA) is 55.7 Å². The number of methoxy groups -OCH3 is 1. The van der Waals surface area contributed by atoms with Gasteiger partial charge in [-0.05, 0) is 31.2 Å². The monoisotopic (exact) mass is 382 g/mol. The molecule has 0 saturated heterocycles.